The van der Waals surface area contributed by atoms with Crippen LogP contribution in [0.4, 0.5) is 0 Å². The lowest BCUT2D eigenvalue weighted by Gasteiger charge is -2.10. The zero-order chi connectivity index (χ0) is 17.2. The lowest BCUT2D eigenvalue weighted by molar-refractivity contribution is -0.122. The number of para-hydroxylation sites is 1. The van der Waals surface area contributed by atoms with E-state index >= 15 is 0 Å². The maximum Gasteiger partial charge on any atom is 0.222 e. The Balaban J connectivity index is 1.78. The Kier molecular flexibility index (Phi) is 7.33. The van der Waals surface area contributed by atoms with Gasteiger partial charge in [0.2, 0.25) is 11.8 Å². The van der Waals surface area contributed by atoms with Gasteiger partial charge in [-0.2, -0.15) is 5.10 Å². The summed E-state index contributed by atoms with van der Waals surface area (Å²) in [4.78, 5) is 11.8. The zero-order valence-electron chi connectivity index (χ0n) is 14.6. The van der Waals surface area contributed by atoms with Crippen molar-refractivity contribution in [2.24, 2.45) is 0 Å². The first-order valence-corrected chi connectivity index (χ1v) is 8.72. The molecule has 2 rings (SSSR count). The summed E-state index contributed by atoms with van der Waals surface area (Å²) in [5.41, 5.74) is 1.80. The van der Waals surface area contributed by atoms with E-state index in [1.54, 1.807) is 4.68 Å². The molecule has 0 fully saturated rings. The van der Waals surface area contributed by atoms with Gasteiger partial charge in [0.1, 0.15) is 0 Å². The monoisotopic (exact) mass is 329 g/mol. The Morgan fingerprint density at radius 1 is 1.17 bits per heavy atom. The number of aryl methyl sites for hydroxylation is 1. The molecular formula is C19H27N3O2. The molecule has 0 radical (unpaired) electrons. The molecule has 0 unspecified atom stereocenters. The highest BCUT2D eigenvalue weighted by molar-refractivity contribution is 5.75. The highest BCUT2D eigenvalue weighted by atomic mass is 16.5. The molecule has 0 atom stereocenters. The van der Waals surface area contributed by atoms with Gasteiger partial charge in [-0.25, -0.2) is 4.68 Å². The van der Waals surface area contributed by atoms with Gasteiger partial charge in [-0.3, -0.25) is 4.79 Å². The predicted octanol–water partition coefficient (Wildman–Crippen LogP) is 3.99. The Morgan fingerprint density at radius 3 is 2.67 bits per heavy atom. The Hall–Kier alpha value is -2.30. The number of nitrogens with zero attached hydrogens (tertiary/aromatic N) is 2. The third-order valence-corrected chi connectivity index (χ3v) is 3.80. The van der Waals surface area contributed by atoms with Crippen molar-refractivity contribution in [3.63, 3.8) is 0 Å². The molecule has 1 amide bonds. The van der Waals surface area contributed by atoms with E-state index in [0.717, 1.165) is 24.2 Å². The van der Waals surface area contributed by atoms with Crippen molar-refractivity contribution >= 4 is 5.91 Å². The van der Waals surface area contributed by atoms with Crippen LogP contribution >= 0.6 is 0 Å². The van der Waals surface area contributed by atoms with Crippen molar-refractivity contribution in [3.8, 4) is 11.6 Å². The van der Waals surface area contributed by atoms with Crippen molar-refractivity contribution in [1.82, 2.24) is 15.1 Å². The fourth-order valence-electron chi connectivity index (χ4n) is 2.50. The van der Waals surface area contributed by atoms with Crippen LogP contribution in [0.15, 0.2) is 36.4 Å². The predicted molar refractivity (Wildman–Crippen MR) is 95.3 cm³/mol. The van der Waals surface area contributed by atoms with Crippen LogP contribution < -0.4 is 10.1 Å². The normalized spacial score (nSPS) is 10.6. The van der Waals surface area contributed by atoms with Crippen molar-refractivity contribution in [1.29, 1.82) is 0 Å². The smallest absolute Gasteiger partial charge is 0.222 e. The second-order valence-electron chi connectivity index (χ2n) is 5.92. The number of benzene rings is 1. The lowest BCUT2D eigenvalue weighted by atomic mass is 10.1. The molecule has 2 aromatic rings. The van der Waals surface area contributed by atoms with Crippen molar-refractivity contribution in [2.75, 3.05) is 6.73 Å². The minimum atomic E-state index is 0.0361. The molecule has 130 valence electrons. The molecule has 0 spiro atoms. The molecule has 0 saturated heterocycles. The number of ether oxygens (including phenoxy) is 1. The second-order valence-corrected chi connectivity index (χ2v) is 5.92. The molecule has 5 heteroatoms. The van der Waals surface area contributed by atoms with Crippen LogP contribution in [0.3, 0.4) is 0 Å². The van der Waals surface area contributed by atoms with Crippen LogP contribution in [0.5, 0.6) is 5.88 Å². The summed E-state index contributed by atoms with van der Waals surface area (Å²) in [6.07, 6.45) is 6.27. The lowest BCUT2D eigenvalue weighted by Crippen LogP contribution is -2.27. The molecule has 1 aromatic carbocycles. The SMILES string of the molecule is CCCCCCCC(=O)NCOc1cc(C)nn1-c1ccccc1. The molecule has 0 bridgehead atoms. The van der Waals surface area contributed by atoms with E-state index in [1.165, 1.54) is 19.3 Å². The molecule has 24 heavy (non-hydrogen) atoms. The molecule has 1 heterocycles. The van der Waals surface area contributed by atoms with Crippen LogP contribution in [0.2, 0.25) is 0 Å². The van der Waals surface area contributed by atoms with E-state index < -0.39 is 0 Å². The van der Waals surface area contributed by atoms with E-state index in [2.05, 4.69) is 17.3 Å². The minimum absolute atomic E-state index is 0.0361. The summed E-state index contributed by atoms with van der Waals surface area (Å²) < 4.78 is 7.44. The summed E-state index contributed by atoms with van der Waals surface area (Å²) in [6, 6.07) is 11.7. The van der Waals surface area contributed by atoms with E-state index in [0.29, 0.717) is 12.3 Å². The average Bonchev–Trinajstić information content (AvgIpc) is 2.96. The first kappa shape index (κ1) is 18.0. The number of carbonyl (C=O) groups excluding carboxylic acids is 1. The van der Waals surface area contributed by atoms with Gasteiger partial charge < -0.3 is 10.1 Å². The number of carbonyl (C=O) groups is 1. The molecule has 0 aliphatic heterocycles. The van der Waals surface area contributed by atoms with Crippen LogP contribution in [0.1, 0.15) is 51.1 Å². The summed E-state index contributed by atoms with van der Waals surface area (Å²) in [5, 5.41) is 7.24. The van der Waals surface area contributed by atoms with Crippen molar-refractivity contribution < 1.29 is 9.53 Å². The summed E-state index contributed by atoms with van der Waals surface area (Å²) >= 11 is 0. The van der Waals surface area contributed by atoms with Crippen LogP contribution in [-0.2, 0) is 4.79 Å². The molecule has 5 nitrogen and oxygen atoms in total. The van der Waals surface area contributed by atoms with Crippen LogP contribution in [0, 0.1) is 6.92 Å². The Labute approximate surface area is 144 Å². The first-order chi connectivity index (χ1) is 11.7. The van der Waals surface area contributed by atoms with Crippen LogP contribution in [-0.4, -0.2) is 22.4 Å². The Morgan fingerprint density at radius 2 is 1.92 bits per heavy atom. The largest absolute Gasteiger partial charge is 0.456 e. The standard InChI is InChI=1S/C19H27N3O2/c1-3-4-5-6-10-13-18(23)20-15-24-19-14-16(2)21-22(19)17-11-8-7-9-12-17/h7-9,11-12,14H,3-6,10,13,15H2,1-2H3,(H,20,23). The number of amides is 1. The average molecular weight is 329 g/mol. The molecule has 0 saturated carbocycles. The fourth-order valence-corrected chi connectivity index (χ4v) is 2.50. The number of hydrogen-bond acceptors (Lipinski definition) is 3. The summed E-state index contributed by atoms with van der Waals surface area (Å²) in [6.45, 7) is 4.26. The second kappa shape index (κ2) is 9.75. The Bertz CT molecular complexity index is 623. The van der Waals surface area contributed by atoms with Gasteiger partial charge in [0, 0.05) is 12.5 Å². The fraction of sp³-hybridized carbons (Fsp3) is 0.474. The first-order valence-electron chi connectivity index (χ1n) is 8.72. The van der Waals surface area contributed by atoms with Crippen molar-refractivity contribution in [3.05, 3.63) is 42.1 Å². The highest BCUT2D eigenvalue weighted by Gasteiger charge is 2.09. The van der Waals surface area contributed by atoms with Gasteiger partial charge in [0.05, 0.1) is 11.4 Å². The zero-order valence-corrected chi connectivity index (χ0v) is 14.6. The molecular weight excluding hydrogens is 302 g/mol. The maximum absolute atomic E-state index is 11.8. The maximum atomic E-state index is 11.8. The van der Waals surface area contributed by atoms with E-state index in [1.807, 2.05) is 43.3 Å². The molecule has 1 aromatic heterocycles. The van der Waals surface area contributed by atoms with Crippen molar-refractivity contribution in [2.45, 2.75) is 52.4 Å². The van der Waals surface area contributed by atoms with E-state index in [4.69, 9.17) is 4.74 Å². The minimum Gasteiger partial charge on any atom is -0.456 e. The summed E-state index contributed by atoms with van der Waals surface area (Å²) in [7, 11) is 0. The van der Waals surface area contributed by atoms with Gasteiger partial charge in [-0.05, 0) is 25.5 Å². The third-order valence-electron chi connectivity index (χ3n) is 3.80. The summed E-state index contributed by atoms with van der Waals surface area (Å²) in [5.74, 6) is 0.663. The number of hydrogen-bond donors (Lipinski definition) is 1. The van der Waals surface area contributed by atoms with E-state index in [-0.39, 0.29) is 12.6 Å². The van der Waals surface area contributed by atoms with E-state index in [9.17, 15) is 4.79 Å². The quantitative estimate of drug-likeness (QED) is 0.529. The van der Waals surface area contributed by atoms with Gasteiger partial charge in [-0.1, -0.05) is 50.8 Å². The highest BCUT2D eigenvalue weighted by Crippen LogP contribution is 2.18. The number of nitrogens with one attached hydrogen (secondary N) is 1. The number of unbranched alkanes of at least 4 members (excludes halogenated alkanes) is 4. The van der Waals surface area contributed by atoms with Gasteiger partial charge in [-0.15, -0.1) is 0 Å². The van der Waals surface area contributed by atoms with Gasteiger partial charge in [0.25, 0.3) is 0 Å². The van der Waals surface area contributed by atoms with Gasteiger partial charge in [0.15, 0.2) is 6.73 Å². The van der Waals surface area contributed by atoms with Gasteiger partial charge >= 0.3 is 0 Å². The molecule has 0 aliphatic rings. The molecule has 0 aliphatic carbocycles. The number of aromatic nitrogens is 2. The third kappa shape index (κ3) is 5.72. The number of rotatable bonds is 10. The topological polar surface area (TPSA) is 56.1 Å². The molecule has 1 N–H and O–H groups in total. The van der Waals surface area contributed by atoms with Crippen LogP contribution in [0.25, 0.3) is 5.69 Å².